The van der Waals surface area contributed by atoms with Crippen LogP contribution in [0.15, 0.2) is 0 Å². The molecule has 0 saturated carbocycles. The lowest BCUT2D eigenvalue weighted by Gasteiger charge is -1.72. The fourth-order valence-electron chi connectivity index (χ4n) is 0. The van der Waals surface area contributed by atoms with Gasteiger partial charge in [-0.2, -0.15) is 0 Å². The zero-order chi connectivity index (χ0) is 17.7. The normalized spacial score (nSPS) is 5.91. The van der Waals surface area contributed by atoms with Crippen molar-refractivity contribution in [2.24, 2.45) is 11.5 Å². The van der Waals surface area contributed by atoms with Crippen LogP contribution in [0, 0.1) is 0 Å². The Hall–Kier alpha value is -1.62. The molecule has 10 nitrogen and oxygen atoms in total. The van der Waals surface area contributed by atoms with Gasteiger partial charge >= 0.3 is 0 Å². The number of aliphatic carboxylic acids is 4. The minimum Gasteiger partial charge on any atom is -0.481 e. The van der Waals surface area contributed by atoms with E-state index in [1.807, 2.05) is 0 Å². The number of halogens is 2. The van der Waals surface area contributed by atoms with Crippen molar-refractivity contribution in [3.63, 3.8) is 0 Å². The summed E-state index contributed by atoms with van der Waals surface area (Å²) >= 11 is 0. The number of carboxylic acid groups (broad SMARTS) is 4. The molecule has 0 aliphatic carbocycles. The molecule has 0 aliphatic rings. The van der Waals surface area contributed by atoms with Crippen LogP contribution in [0.25, 0.3) is 0 Å². The van der Waals surface area contributed by atoms with E-state index < -0.39 is 23.9 Å². The number of nitrogens with two attached hydrogens (primary N) is 2. The fraction of sp³-hybridized carbons (Fsp3) is 0.600. The van der Waals surface area contributed by atoms with Crippen LogP contribution in [-0.4, -0.2) is 57.4 Å². The van der Waals surface area contributed by atoms with Gasteiger partial charge in [-0.05, 0) is 0 Å². The lowest BCUT2D eigenvalue weighted by atomic mass is 10.7. The number of hydrogen-bond donors (Lipinski definition) is 6. The Labute approximate surface area is 141 Å². The maximum atomic E-state index is 9.00. The van der Waals surface area contributed by atoms with Crippen LogP contribution in [0.3, 0.4) is 0 Å². The molecule has 0 bridgehead atoms. The molecular weight excluding hydrogens is 347 g/mol. The van der Waals surface area contributed by atoms with Crippen molar-refractivity contribution in [3.05, 3.63) is 0 Å². The Morgan fingerprint density at radius 1 is 0.591 bits per heavy atom. The summed E-state index contributed by atoms with van der Waals surface area (Å²) in [6.07, 6.45) is 0. The van der Waals surface area contributed by atoms with Crippen molar-refractivity contribution < 1.29 is 39.6 Å². The molecular formula is C10H26Cl2N2O8. The monoisotopic (exact) mass is 372 g/mol. The summed E-state index contributed by atoms with van der Waals surface area (Å²) in [6, 6.07) is 0. The van der Waals surface area contributed by atoms with Gasteiger partial charge in [-0.1, -0.05) is 0 Å². The lowest BCUT2D eigenvalue weighted by molar-refractivity contribution is -0.135. The molecule has 0 fully saturated rings. The molecule has 22 heavy (non-hydrogen) atoms. The predicted octanol–water partition coefficient (Wildman–Crippen LogP) is 0.111. The van der Waals surface area contributed by atoms with Crippen LogP contribution in [-0.2, 0) is 19.2 Å². The highest BCUT2D eigenvalue weighted by molar-refractivity contribution is 5.85. The number of carbonyl (C=O) groups is 4. The molecule has 0 unspecified atom stereocenters. The van der Waals surface area contributed by atoms with E-state index in [0.717, 1.165) is 27.7 Å². The summed E-state index contributed by atoms with van der Waals surface area (Å²) in [5.41, 5.74) is 9.81. The smallest absolute Gasteiger partial charge is 0.300 e. The van der Waals surface area contributed by atoms with Crippen LogP contribution < -0.4 is 11.5 Å². The summed E-state index contributed by atoms with van der Waals surface area (Å²) in [5, 5.41) is 29.7. The van der Waals surface area contributed by atoms with E-state index in [2.05, 4.69) is 0 Å². The van der Waals surface area contributed by atoms with E-state index in [4.69, 9.17) is 51.1 Å². The first-order chi connectivity index (χ1) is 8.84. The number of hydrogen-bond acceptors (Lipinski definition) is 6. The predicted molar refractivity (Wildman–Crippen MR) is 85.8 cm³/mol. The largest absolute Gasteiger partial charge is 0.481 e. The Balaban J connectivity index is -0.0000000250. The summed E-state index contributed by atoms with van der Waals surface area (Å²) in [5.74, 6) is -3.33. The Morgan fingerprint density at radius 3 is 0.636 bits per heavy atom. The molecule has 8 N–H and O–H groups in total. The average molecular weight is 373 g/mol. The molecule has 0 saturated heterocycles. The van der Waals surface area contributed by atoms with Crippen LogP contribution in [0.4, 0.5) is 0 Å². The topological polar surface area (TPSA) is 201 Å². The highest BCUT2D eigenvalue weighted by Gasteiger charge is 1.66. The summed E-state index contributed by atoms with van der Waals surface area (Å²) in [7, 11) is 0. The minimum atomic E-state index is -0.833. The second-order valence-corrected chi connectivity index (χ2v) is 2.65. The average Bonchev–Trinajstić information content (AvgIpc) is 2.13. The van der Waals surface area contributed by atoms with E-state index in [1.165, 1.54) is 0 Å². The van der Waals surface area contributed by atoms with Crippen LogP contribution >= 0.6 is 24.8 Å². The third-order valence-electron chi connectivity index (χ3n) is 0.167. The van der Waals surface area contributed by atoms with Crippen LogP contribution in [0.5, 0.6) is 0 Å². The minimum absolute atomic E-state index is 0. The standard InChI is InChI=1S/C2H8N2.4C2H4O2.2ClH/c3-1-2-4;4*1-2(3)4;;/h1-4H2;4*1H3,(H,3,4);2*1H. The van der Waals surface area contributed by atoms with Crippen molar-refractivity contribution in [2.75, 3.05) is 13.1 Å². The maximum Gasteiger partial charge on any atom is 0.300 e. The van der Waals surface area contributed by atoms with E-state index in [9.17, 15) is 0 Å². The van der Waals surface area contributed by atoms with Crippen molar-refractivity contribution >= 4 is 48.7 Å². The molecule has 12 heteroatoms. The molecule has 0 aromatic carbocycles. The van der Waals surface area contributed by atoms with E-state index in [0.29, 0.717) is 13.1 Å². The number of rotatable bonds is 1. The van der Waals surface area contributed by atoms with Crippen molar-refractivity contribution in [1.82, 2.24) is 0 Å². The maximum absolute atomic E-state index is 9.00. The van der Waals surface area contributed by atoms with Crippen LogP contribution in [0.2, 0.25) is 0 Å². The van der Waals surface area contributed by atoms with Gasteiger partial charge in [0.25, 0.3) is 23.9 Å². The molecule has 0 aromatic heterocycles. The highest BCUT2D eigenvalue weighted by Crippen LogP contribution is 1.43. The molecule has 0 atom stereocenters. The van der Waals surface area contributed by atoms with Gasteiger partial charge in [0.05, 0.1) is 0 Å². The van der Waals surface area contributed by atoms with Gasteiger partial charge in [0, 0.05) is 40.8 Å². The Bertz CT molecular complexity index is 199. The van der Waals surface area contributed by atoms with Gasteiger partial charge in [-0.3, -0.25) is 19.2 Å². The third-order valence-corrected chi connectivity index (χ3v) is 0.167. The quantitative estimate of drug-likeness (QED) is 0.366. The molecule has 138 valence electrons. The van der Waals surface area contributed by atoms with Gasteiger partial charge in [0.2, 0.25) is 0 Å². The second kappa shape index (κ2) is 42.7. The first kappa shape index (κ1) is 42.8. The van der Waals surface area contributed by atoms with Crippen molar-refractivity contribution in [3.8, 4) is 0 Å². The van der Waals surface area contributed by atoms with Gasteiger partial charge in [-0.25, -0.2) is 0 Å². The summed E-state index contributed by atoms with van der Waals surface area (Å²) in [4.78, 5) is 36.0. The van der Waals surface area contributed by atoms with Gasteiger partial charge in [0.15, 0.2) is 0 Å². The summed E-state index contributed by atoms with van der Waals surface area (Å²) < 4.78 is 0. The molecule has 0 aliphatic heterocycles. The van der Waals surface area contributed by atoms with Gasteiger partial charge < -0.3 is 31.9 Å². The number of carboxylic acids is 4. The first-order valence-electron chi connectivity index (χ1n) is 5.03. The van der Waals surface area contributed by atoms with Crippen molar-refractivity contribution in [1.29, 1.82) is 0 Å². The SMILES string of the molecule is CC(=O)O.CC(=O)O.CC(=O)O.CC(=O)O.Cl.Cl.NCCN. The van der Waals surface area contributed by atoms with Crippen molar-refractivity contribution in [2.45, 2.75) is 27.7 Å². The molecule has 0 rings (SSSR count). The zero-order valence-corrected chi connectivity index (χ0v) is 14.4. The first-order valence-corrected chi connectivity index (χ1v) is 5.03. The third kappa shape index (κ3) is 14400. The summed E-state index contributed by atoms with van der Waals surface area (Å²) in [6.45, 7) is 5.53. The second-order valence-electron chi connectivity index (χ2n) is 2.65. The van der Waals surface area contributed by atoms with E-state index in [-0.39, 0.29) is 24.8 Å². The molecule has 0 radical (unpaired) electrons. The zero-order valence-electron chi connectivity index (χ0n) is 12.8. The van der Waals surface area contributed by atoms with E-state index in [1.54, 1.807) is 0 Å². The highest BCUT2D eigenvalue weighted by atomic mass is 35.5. The Kier molecular flexibility index (Phi) is 83.0. The molecule has 0 amide bonds. The molecule has 0 heterocycles. The molecule has 0 aromatic rings. The lowest BCUT2D eigenvalue weighted by Crippen LogP contribution is -2.11. The van der Waals surface area contributed by atoms with Gasteiger partial charge in [0.1, 0.15) is 0 Å². The molecule has 0 spiro atoms. The van der Waals surface area contributed by atoms with Gasteiger partial charge in [-0.15, -0.1) is 24.8 Å². The van der Waals surface area contributed by atoms with E-state index >= 15 is 0 Å². The van der Waals surface area contributed by atoms with Crippen LogP contribution in [0.1, 0.15) is 27.7 Å². The Morgan fingerprint density at radius 2 is 0.636 bits per heavy atom. The fourth-order valence-corrected chi connectivity index (χ4v) is 0.